The van der Waals surface area contributed by atoms with Crippen molar-refractivity contribution in [1.82, 2.24) is 20.1 Å². The largest absolute Gasteiger partial charge is 0.465 e. The van der Waals surface area contributed by atoms with Crippen molar-refractivity contribution in [3.05, 3.63) is 59.9 Å². The van der Waals surface area contributed by atoms with E-state index in [1.54, 1.807) is 6.92 Å². The third-order valence-electron chi connectivity index (χ3n) is 4.94. The molecule has 0 atom stereocenters. The molecule has 0 aliphatic heterocycles. The fourth-order valence-electron chi connectivity index (χ4n) is 3.50. The summed E-state index contributed by atoms with van der Waals surface area (Å²) in [7, 11) is 0. The van der Waals surface area contributed by atoms with Crippen molar-refractivity contribution in [2.24, 2.45) is 0 Å². The number of aromatic nitrogens is 3. The summed E-state index contributed by atoms with van der Waals surface area (Å²) in [5.74, 6) is 0.972. The van der Waals surface area contributed by atoms with Gasteiger partial charge in [0.15, 0.2) is 5.82 Å². The highest BCUT2D eigenvalue weighted by molar-refractivity contribution is 6.30. The van der Waals surface area contributed by atoms with Crippen LogP contribution in [0.1, 0.15) is 38.6 Å². The lowest BCUT2D eigenvalue weighted by molar-refractivity contribution is 0.195. The normalized spacial score (nSPS) is 13.6. The third-order valence-corrected chi connectivity index (χ3v) is 5.19. The van der Waals surface area contributed by atoms with Crippen molar-refractivity contribution in [2.45, 2.75) is 38.6 Å². The summed E-state index contributed by atoms with van der Waals surface area (Å²) in [6.45, 7) is 2.21. The van der Waals surface area contributed by atoms with Gasteiger partial charge in [-0.05, 0) is 43.0 Å². The average Bonchev–Trinajstić information content (AvgIpc) is 3.41. The Morgan fingerprint density at radius 3 is 2.14 bits per heavy atom. The molecule has 7 heteroatoms. The fraction of sp³-hybridized carbons (Fsp3) is 0.318. The number of amides is 1. The van der Waals surface area contributed by atoms with Gasteiger partial charge in [-0.15, -0.1) is 10.2 Å². The van der Waals surface area contributed by atoms with Gasteiger partial charge in [-0.1, -0.05) is 60.8 Å². The highest BCUT2D eigenvalue weighted by Gasteiger charge is 2.20. The van der Waals surface area contributed by atoms with Gasteiger partial charge in [0, 0.05) is 23.2 Å². The zero-order chi connectivity index (χ0) is 20.6. The molecular formula is C22H25ClN4O2. The molecule has 1 aliphatic carbocycles. The molecule has 0 unspecified atom stereocenters. The number of hydrogen-bond donors (Lipinski definition) is 2. The fourth-order valence-corrected chi connectivity index (χ4v) is 3.63. The van der Waals surface area contributed by atoms with E-state index in [0.717, 1.165) is 16.4 Å². The summed E-state index contributed by atoms with van der Waals surface area (Å²) < 4.78 is 2.24. The van der Waals surface area contributed by atoms with Gasteiger partial charge in [0.25, 0.3) is 0 Å². The van der Waals surface area contributed by atoms with E-state index < -0.39 is 6.09 Å². The molecule has 1 heterocycles. The Kier molecular flexibility index (Phi) is 7.25. The number of hydrogen-bond acceptors (Lipinski definition) is 3. The predicted octanol–water partition coefficient (Wildman–Crippen LogP) is 5.65. The molecular weight excluding hydrogens is 388 g/mol. The van der Waals surface area contributed by atoms with Crippen LogP contribution >= 0.6 is 11.6 Å². The van der Waals surface area contributed by atoms with E-state index in [4.69, 9.17) is 16.7 Å². The predicted molar refractivity (Wildman–Crippen MR) is 115 cm³/mol. The number of carbonyl (C=O) groups is 1. The second kappa shape index (κ2) is 10.1. The Morgan fingerprint density at radius 1 is 1.07 bits per heavy atom. The van der Waals surface area contributed by atoms with Gasteiger partial charge >= 0.3 is 6.09 Å². The van der Waals surface area contributed by atoms with Gasteiger partial charge in [-0.2, -0.15) is 0 Å². The van der Waals surface area contributed by atoms with Crippen LogP contribution in [-0.4, -0.2) is 32.5 Å². The van der Waals surface area contributed by atoms with E-state index in [0.29, 0.717) is 12.6 Å². The summed E-state index contributed by atoms with van der Waals surface area (Å²) in [5.41, 5.74) is 3.46. The Morgan fingerprint density at radius 2 is 1.62 bits per heavy atom. The Hall–Kier alpha value is -2.86. The van der Waals surface area contributed by atoms with E-state index in [1.807, 2.05) is 30.6 Å². The summed E-state index contributed by atoms with van der Waals surface area (Å²) in [6.07, 6.45) is 5.98. The van der Waals surface area contributed by atoms with Crippen LogP contribution in [-0.2, 0) is 0 Å². The van der Waals surface area contributed by atoms with Crippen LogP contribution in [0.3, 0.4) is 0 Å². The molecule has 4 rings (SSSR count). The van der Waals surface area contributed by atoms with Gasteiger partial charge in [-0.25, -0.2) is 4.79 Å². The number of rotatable bonds is 4. The lowest BCUT2D eigenvalue weighted by atomic mass is 10.0. The number of benzene rings is 2. The molecule has 0 saturated heterocycles. The van der Waals surface area contributed by atoms with E-state index >= 15 is 0 Å². The molecule has 1 aromatic heterocycles. The van der Waals surface area contributed by atoms with Crippen LogP contribution in [0, 0.1) is 0 Å². The van der Waals surface area contributed by atoms with Crippen molar-refractivity contribution in [2.75, 3.05) is 6.54 Å². The molecule has 29 heavy (non-hydrogen) atoms. The van der Waals surface area contributed by atoms with Gasteiger partial charge in [0.05, 0.1) is 0 Å². The molecule has 0 spiro atoms. The monoisotopic (exact) mass is 412 g/mol. The maximum absolute atomic E-state index is 9.49. The SMILES string of the molecule is CCNC(=O)O.Clc1ccc(-c2ccc(-c3nncn3C3CCCC3)cc2)cc1. The van der Waals surface area contributed by atoms with Crippen LogP contribution in [0.25, 0.3) is 22.5 Å². The molecule has 152 valence electrons. The first-order chi connectivity index (χ1) is 14.1. The molecule has 0 radical (unpaired) electrons. The van der Waals surface area contributed by atoms with E-state index in [1.165, 1.54) is 36.8 Å². The summed E-state index contributed by atoms with van der Waals surface area (Å²) in [5, 5.41) is 19.2. The first kappa shape index (κ1) is 20.9. The first-order valence-corrected chi connectivity index (χ1v) is 10.2. The number of nitrogens with zero attached hydrogens (tertiary/aromatic N) is 3. The maximum Gasteiger partial charge on any atom is 0.404 e. The first-order valence-electron chi connectivity index (χ1n) is 9.81. The average molecular weight is 413 g/mol. The molecule has 1 aliphatic rings. The van der Waals surface area contributed by atoms with Crippen LogP contribution in [0.4, 0.5) is 4.79 Å². The zero-order valence-corrected chi connectivity index (χ0v) is 17.1. The van der Waals surface area contributed by atoms with Crippen molar-refractivity contribution in [3.8, 4) is 22.5 Å². The van der Waals surface area contributed by atoms with Crippen LogP contribution in [0.2, 0.25) is 5.02 Å². The van der Waals surface area contributed by atoms with Crippen molar-refractivity contribution in [1.29, 1.82) is 0 Å². The molecule has 1 amide bonds. The molecule has 3 aromatic rings. The van der Waals surface area contributed by atoms with Crippen molar-refractivity contribution < 1.29 is 9.90 Å². The van der Waals surface area contributed by atoms with Crippen LogP contribution in [0.15, 0.2) is 54.9 Å². The highest BCUT2D eigenvalue weighted by Crippen LogP contribution is 2.33. The topological polar surface area (TPSA) is 80.0 Å². The standard InChI is InChI=1S/C19H18ClN3.C3H7NO2/c20-17-11-9-15(10-12-17)14-5-7-16(8-6-14)19-22-21-13-23(19)18-3-1-2-4-18;1-2-4-3(5)6/h5-13,18H,1-4H2;4H,2H2,1H3,(H,5,6). The molecule has 6 nitrogen and oxygen atoms in total. The number of halogens is 1. The molecule has 1 saturated carbocycles. The van der Waals surface area contributed by atoms with Crippen LogP contribution in [0.5, 0.6) is 0 Å². The summed E-state index contributed by atoms with van der Waals surface area (Å²) >= 11 is 5.95. The molecule has 2 aromatic carbocycles. The lowest BCUT2D eigenvalue weighted by Crippen LogP contribution is -2.19. The Balaban J connectivity index is 0.000000353. The lowest BCUT2D eigenvalue weighted by Gasteiger charge is -2.13. The maximum atomic E-state index is 9.49. The van der Waals surface area contributed by atoms with E-state index in [2.05, 4.69) is 44.3 Å². The Bertz CT molecular complexity index is 917. The quantitative estimate of drug-likeness (QED) is 0.579. The Labute approximate surface area is 175 Å². The second-order valence-electron chi connectivity index (χ2n) is 6.92. The smallest absolute Gasteiger partial charge is 0.404 e. The third kappa shape index (κ3) is 5.57. The van der Waals surface area contributed by atoms with Gasteiger partial charge in [0.2, 0.25) is 0 Å². The minimum atomic E-state index is -0.961. The minimum absolute atomic E-state index is 0.481. The molecule has 1 fully saturated rings. The molecule has 2 N–H and O–H groups in total. The van der Waals surface area contributed by atoms with E-state index in [9.17, 15) is 4.79 Å². The second-order valence-corrected chi connectivity index (χ2v) is 7.36. The molecule has 0 bridgehead atoms. The number of carboxylic acid groups (broad SMARTS) is 1. The van der Waals surface area contributed by atoms with E-state index in [-0.39, 0.29) is 0 Å². The van der Waals surface area contributed by atoms with Gasteiger partial charge in [-0.3, -0.25) is 0 Å². The summed E-state index contributed by atoms with van der Waals surface area (Å²) in [6, 6.07) is 17.0. The van der Waals surface area contributed by atoms with Crippen molar-refractivity contribution in [3.63, 3.8) is 0 Å². The zero-order valence-electron chi connectivity index (χ0n) is 16.4. The minimum Gasteiger partial charge on any atom is -0.465 e. The van der Waals surface area contributed by atoms with Crippen molar-refractivity contribution >= 4 is 17.7 Å². The number of nitrogens with one attached hydrogen (secondary N) is 1. The van der Waals surface area contributed by atoms with Gasteiger partial charge in [0.1, 0.15) is 6.33 Å². The van der Waals surface area contributed by atoms with Crippen LogP contribution < -0.4 is 5.32 Å². The van der Waals surface area contributed by atoms with Gasteiger partial charge < -0.3 is 15.0 Å². The highest BCUT2D eigenvalue weighted by atomic mass is 35.5. The summed E-state index contributed by atoms with van der Waals surface area (Å²) in [4.78, 5) is 9.49.